The molecule has 0 aliphatic rings. The van der Waals surface area contributed by atoms with Gasteiger partial charge in [0.15, 0.2) is 0 Å². The minimum absolute atomic E-state index is 0.251. The highest BCUT2D eigenvalue weighted by Gasteiger charge is 2.22. The molecule has 0 bridgehead atoms. The summed E-state index contributed by atoms with van der Waals surface area (Å²) < 4.78 is 0. The third-order valence-corrected chi connectivity index (χ3v) is 7.12. The van der Waals surface area contributed by atoms with Crippen molar-refractivity contribution in [3.05, 3.63) is 94.8 Å². The molecule has 3 aromatic carbocycles. The monoisotopic (exact) mass is 498 g/mol. The molecule has 0 atom stereocenters. The number of benzene rings is 3. The number of nitrogens with zero attached hydrogens (tertiary/aromatic N) is 2. The van der Waals surface area contributed by atoms with E-state index in [-0.39, 0.29) is 5.91 Å². The van der Waals surface area contributed by atoms with Crippen LogP contribution in [0, 0.1) is 0 Å². The zero-order valence-corrected chi connectivity index (χ0v) is 20.8. The number of anilines is 3. The van der Waals surface area contributed by atoms with Crippen LogP contribution in [-0.4, -0.2) is 25.0 Å². The number of nitrogens with one attached hydrogen (secondary N) is 1. The summed E-state index contributed by atoms with van der Waals surface area (Å²) in [5, 5.41) is 4.38. The molecule has 5 nitrogen and oxygen atoms in total. The van der Waals surface area contributed by atoms with Crippen molar-refractivity contribution >= 4 is 56.1 Å². The first kappa shape index (κ1) is 22.9. The number of aromatic nitrogens is 1. The molecule has 5 rings (SSSR count). The topological polar surface area (TPSA) is 71.2 Å². The number of hydrogen-bond acceptors (Lipinski definition) is 5. The SMILES string of the molecule is CN(C)c1ccc(-c2cc(-c3ccc(Cl)cc3)nc3sc(C(=O)Nc4ccccc4)c(N)c23)cc1. The van der Waals surface area contributed by atoms with Crippen LogP contribution in [0.5, 0.6) is 0 Å². The van der Waals surface area contributed by atoms with E-state index in [9.17, 15) is 4.79 Å². The summed E-state index contributed by atoms with van der Waals surface area (Å²) in [6.45, 7) is 0. The van der Waals surface area contributed by atoms with Crippen molar-refractivity contribution in [3.8, 4) is 22.4 Å². The Labute approximate surface area is 212 Å². The van der Waals surface area contributed by atoms with Crippen LogP contribution in [0.4, 0.5) is 17.1 Å². The van der Waals surface area contributed by atoms with E-state index < -0.39 is 0 Å². The lowest BCUT2D eigenvalue weighted by Gasteiger charge is -2.14. The third-order valence-electron chi connectivity index (χ3n) is 5.77. The van der Waals surface area contributed by atoms with Crippen LogP contribution < -0.4 is 16.0 Å². The quantitative estimate of drug-likeness (QED) is 0.269. The maximum Gasteiger partial charge on any atom is 0.267 e. The summed E-state index contributed by atoms with van der Waals surface area (Å²) in [5.74, 6) is -0.251. The van der Waals surface area contributed by atoms with Gasteiger partial charge in [0.2, 0.25) is 0 Å². The zero-order valence-electron chi connectivity index (χ0n) is 19.2. The van der Waals surface area contributed by atoms with Crippen molar-refractivity contribution < 1.29 is 4.79 Å². The summed E-state index contributed by atoms with van der Waals surface area (Å²) in [6, 6.07) is 27.2. The first-order valence-corrected chi connectivity index (χ1v) is 12.2. The molecule has 0 saturated carbocycles. The lowest BCUT2D eigenvalue weighted by molar-refractivity contribution is 0.103. The average Bonchev–Trinajstić information content (AvgIpc) is 3.21. The molecule has 3 N–H and O–H groups in total. The number of nitrogens with two attached hydrogens (primary N) is 1. The van der Waals surface area contributed by atoms with E-state index in [0.717, 1.165) is 33.5 Å². The van der Waals surface area contributed by atoms with E-state index in [1.165, 1.54) is 11.3 Å². The van der Waals surface area contributed by atoms with Crippen LogP contribution in [-0.2, 0) is 0 Å². The Balaban J connectivity index is 1.67. The molecule has 2 heterocycles. The Bertz CT molecular complexity index is 1510. The summed E-state index contributed by atoms with van der Waals surface area (Å²) in [5.41, 5.74) is 12.5. The van der Waals surface area contributed by atoms with Gasteiger partial charge >= 0.3 is 0 Å². The molecule has 7 heteroatoms. The number of rotatable bonds is 5. The lowest BCUT2D eigenvalue weighted by atomic mass is 9.99. The van der Waals surface area contributed by atoms with Crippen LogP contribution in [0.2, 0.25) is 5.02 Å². The number of para-hydroxylation sites is 1. The van der Waals surface area contributed by atoms with Gasteiger partial charge in [-0.2, -0.15) is 0 Å². The summed E-state index contributed by atoms with van der Waals surface area (Å²) >= 11 is 7.40. The van der Waals surface area contributed by atoms with Gasteiger partial charge in [-0.25, -0.2) is 4.98 Å². The number of halogens is 1. The van der Waals surface area contributed by atoms with Gasteiger partial charge in [0.05, 0.1) is 11.4 Å². The summed E-state index contributed by atoms with van der Waals surface area (Å²) in [7, 11) is 4.01. The fourth-order valence-electron chi connectivity index (χ4n) is 3.93. The Morgan fingerprint density at radius 2 is 1.60 bits per heavy atom. The van der Waals surface area contributed by atoms with E-state index in [4.69, 9.17) is 22.3 Å². The molecule has 0 fully saturated rings. The second-order valence-electron chi connectivity index (χ2n) is 8.35. The van der Waals surface area contributed by atoms with Crippen LogP contribution >= 0.6 is 22.9 Å². The molecule has 1 amide bonds. The van der Waals surface area contributed by atoms with Crippen LogP contribution in [0.25, 0.3) is 32.6 Å². The molecule has 2 aromatic heterocycles. The fourth-order valence-corrected chi connectivity index (χ4v) is 5.08. The highest BCUT2D eigenvalue weighted by Crippen LogP contribution is 2.42. The molecular weight excluding hydrogens is 476 g/mol. The molecule has 0 unspecified atom stereocenters. The predicted molar refractivity (Wildman–Crippen MR) is 149 cm³/mol. The van der Waals surface area contributed by atoms with Crippen molar-refractivity contribution in [2.45, 2.75) is 0 Å². The second-order valence-corrected chi connectivity index (χ2v) is 9.78. The van der Waals surface area contributed by atoms with Gasteiger partial charge in [-0.3, -0.25) is 4.79 Å². The van der Waals surface area contributed by atoms with Crippen molar-refractivity contribution in [1.29, 1.82) is 0 Å². The zero-order chi connectivity index (χ0) is 24.5. The number of fused-ring (bicyclic) bond motifs is 1. The molecule has 0 radical (unpaired) electrons. The minimum atomic E-state index is -0.251. The number of carbonyl (C=O) groups is 1. The van der Waals surface area contributed by atoms with Crippen molar-refractivity contribution in [3.63, 3.8) is 0 Å². The van der Waals surface area contributed by atoms with E-state index in [1.54, 1.807) is 0 Å². The van der Waals surface area contributed by atoms with Crippen molar-refractivity contribution in [1.82, 2.24) is 4.98 Å². The standard InChI is InChI=1S/C28H23ClN4OS/c1-33(2)21-14-10-17(11-15-21)22-16-23(18-8-12-19(29)13-9-18)32-28-24(22)25(30)26(35-28)27(34)31-20-6-4-3-5-7-20/h3-16H,30H2,1-2H3,(H,31,34). The van der Waals surface area contributed by atoms with Crippen LogP contribution in [0.1, 0.15) is 9.67 Å². The fraction of sp³-hybridized carbons (Fsp3) is 0.0714. The van der Waals surface area contributed by atoms with Crippen LogP contribution in [0.15, 0.2) is 84.9 Å². The maximum atomic E-state index is 13.1. The Morgan fingerprint density at radius 1 is 0.943 bits per heavy atom. The Hall–Kier alpha value is -3.87. The van der Waals surface area contributed by atoms with Crippen molar-refractivity contribution in [2.24, 2.45) is 0 Å². The molecule has 0 spiro atoms. The number of hydrogen-bond donors (Lipinski definition) is 2. The van der Waals surface area contributed by atoms with Gasteiger partial charge in [0.25, 0.3) is 5.91 Å². The Kier molecular flexibility index (Phi) is 6.16. The molecular formula is C28H23ClN4OS. The molecule has 0 aliphatic heterocycles. The van der Waals surface area contributed by atoms with E-state index in [1.807, 2.05) is 74.8 Å². The number of carbonyl (C=O) groups excluding carboxylic acids is 1. The first-order valence-electron chi connectivity index (χ1n) is 11.0. The van der Waals surface area contributed by atoms with Gasteiger partial charge in [-0.15, -0.1) is 11.3 Å². The summed E-state index contributed by atoms with van der Waals surface area (Å²) in [6.07, 6.45) is 0. The molecule has 35 heavy (non-hydrogen) atoms. The highest BCUT2D eigenvalue weighted by molar-refractivity contribution is 7.21. The van der Waals surface area contributed by atoms with E-state index in [2.05, 4.69) is 34.5 Å². The smallest absolute Gasteiger partial charge is 0.267 e. The average molecular weight is 499 g/mol. The third kappa shape index (κ3) is 4.58. The molecule has 5 aromatic rings. The van der Waals surface area contributed by atoms with Gasteiger partial charge in [0, 0.05) is 41.4 Å². The highest BCUT2D eigenvalue weighted by atomic mass is 35.5. The van der Waals surface area contributed by atoms with Crippen LogP contribution in [0.3, 0.4) is 0 Å². The Morgan fingerprint density at radius 3 is 2.26 bits per heavy atom. The molecule has 0 aliphatic carbocycles. The van der Waals surface area contributed by atoms with Gasteiger partial charge in [0.1, 0.15) is 9.71 Å². The predicted octanol–water partition coefficient (Wildman–Crippen LogP) is 7.18. The summed E-state index contributed by atoms with van der Waals surface area (Å²) in [4.78, 5) is 21.2. The molecule has 0 saturated heterocycles. The lowest BCUT2D eigenvalue weighted by Crippen LogP contribution is -2.11. The molecule has 174 valence electrons. The number of pyridine rings is 1. The minimum Gasteiger partial charge on any atom is -0.397 e. The maximum absolute atomic E-state index is 13.1. The van der Waals surface area contributed by atoms with E-state index >= 15 is 0 Å². The van der Waals surface area contributed by atoms with Gasteiger partial charge < -0.3 is 16.0 Å². The number of nitrogen functional groups attached to an aromatic ring is 1. The van der Waals surface area contributed by atoms with Gasteiger partial charge in [-0.05, 0) is 53.6 Å². The first-order chi connectivity index (χ1) is 16.9. The second kappa shape index (κ2) is 9.41. The normalized spacial score (nSPS) is 10.9. The van der Waals surface area contributed by atoms with E-state index in [0.29, 0.717) is 26.1 Å². The largest absolute Gasteiger partial charge is 0.397 e. The van der Waals surface area contributed by atoms with Crippen molar-refractivity contribution in [2.75, 3.05) is 30.0 Å². The number of thiophene rings is 1. The number of amides is 1. The van der Waals surface area contributed by atoms with Gasteiger partial charge in [-0.1, -0.05) is 54.1 Å².